The molecule has 0 fully saturated rings. The zero-order chi connectivity index (χ0) is 11.9. The van der Waals surface area contributed by atoms with Crippen molar-refractivity contribution >= 4 is 0 Å². The number of hydrogen-bond acceptors (Lipinski definition) is 1. The fourth-order valence-electron chi connectivity index (χ4n) is 1.94. The number of hydrogen-bond donors (Lipinski definition) is 1. The molecular formula is C16H19N. The van der Waals surface area contributed by atoms with Crippen molar-refractivity contribution in [3.05, 3.63) is 71.3 Å². The van der Waals surface area contributed by atoms with Gasteiger partial charge in [0.1, 0.15) is 0 Å². The van der Waals surface area contributed by atoms with Gasteiger partial charge >= 0.3 is 0 Å². The highest BCUT2D eigenvalue weighted by atomic mass is 14.8. The lowest BCUT2D eigenvalue weighted by Crippen LogP contribution is -2.16. The zero-order valence-electron chi connectivity index (χ0n) is 10.3. The molecule has 2 aromatic rings. The average Bonchev–Trinajstić information content (AvgIpc) is 2.38. The van der Waals surface area contributed by atoms with Gasteiger partial charge < -0.3 is 5.32 Å². The maximum atomic E-state index is 3.48. The SMILES string of the molecule is Cc1ccccc1CCNCc1ccccc1. The Morgan fingerprint density at radius 2 is 1.59 bits per heavy atom. The summed E-state index contributed by atoms with van der Waals surface area (Å²) in [5, 5.41) is 3.48. The van der Waals surface area contributed by atoms with Gasteiger partial charge in [0.25, 0.3) is 0 Å². The molecule has 1 N–H and O–H groups in total. The summed E-state index contributed by atoms with van der Waals surface area (Å²) in [4.78, 5) is 0. The van der Waals surface area contributed by atoms with Crippen molar-refractivity contribution in [3.8, 4) is 0 Å². The van der Waals surface area contributed by atoms with Crippen LogP contribution in [0.3, 0.4) is 0 Å². The standard InChI is InChI=1S/C16H19N/c1-14-7-5-6-10-16(14)11-12-17-13-15-8-3-2-4-9-15/h2-10,17H,11-13H2,1H3. The number of rotatable bonds is 5. The van der Waals surface area contributed by atoms with Crippen molar-refractivity contribution in [3.63, 3.8) is 0 Å². The lowest BCUT2D eigenvalue weighted by Gasteiger charge is -2.07. The van der Waals surface area contributed by atoms with E-state index in [0.29, 0.717) is 0 Å². The van der Waals surface area contributed by atoms with Gasteiger partial charge in [-0.25, -0.2) is 0 Å². The van der Waals surface area contributed by atoms with Gasteiger partial charge in [0.15, 0.2) is 0 Å². The van der Waals surface area contributed by atoms with Gasteiger partial charge in [-0.2, -0.15) is 0 Å². The van der Waals surface area contributed by atoms with Crippen molar-refractivity contribution in [1.29, 1.82) is 0 Å². The molecule has 0 heterocycles. The van der Waals surface area contributed by atoms with Crippen LogP contribution in [0.1, 0.15) is 16.7 Å². The van der Waals surface area contributed by atoms with E-state index >= 15 is 0 Å². The Bertz CT molecular complexity index is 448. The van der Waals surface area contributed by atoms with Crippen LogP contribution in [0.15, 0.2) is 54.6 Å². The molecule has 88 valence electrons. The summed E-state index contributed by atoms with van der Waals surface area (Å²) in [5.41, 5.74) is 4.17. The zero-order valence-corrected chi connectivity index (χ0v) is 10.3. The maximum Gasteiger partial charge on any atom is 0.0205 e. The van der Waals surface area contributed by atoms with Crippen molar-refractivity contribution in [1.82, 2.24) is 5.32 Å². The van der Waals surface area contributed by atoms with Crippen LogP contribution in [-0.4, -0.2) is 6.54 Å². The largest absolute Gasteiger partial charge is 0.312 e. The Hall–Kier alpha value is -1.60. The minimum Gasteiger partial charge on any atom is -0.312 e. The van der Waals surface area contributed by atoms with E-state index in [1.54, 1.807) is 0 Å². The smallest absolute Gasteiger partial charge is 0.0205 e. The van der Waals surface area contributed by atoms with E-state index in [-0.39, 0.29) is 0 Å². The second-order valence-corrected chi connectivity index (χ2v) is 4.34. The molecule has 2 aromatic carbocycles. The monoisotopic (exact) mass is 225 g/mol. The lowest BCUT2D eigenvalue weighted by atomic mass is 10.1. The molecule has 17 heavy (non-hydrogen) atoms. The van der Waals surface area contributed by atoms with Crippen LogP contribution in [-0.2, 0) is 13.0 Å². The number of nitrogens with one attached hydrogen (secondary N) is 1. The molecule has 2 rings (SSSR count). The first-order valence-electron chi connectivity index (χ1n) is 6.15. The van der Waals surface area contributed by atoms with Gasteiger partial charge in [-0.1, -0.05) is 54.6 Å². The van der Waals surface area contributed by atoms with Crippen molar-refractivity contribution in [2.24, 2.45) is 0 Å². The van der Waals surface area contributed by atoms with Crippen LogP contribution in [0, 0.1) is 6.92 Å². The van der Waals surface area contributed by atoms with Crippen LogP contribution in [0.5, 0.6) is 0 Å². The molecule has 0 bridgehead atoms. The first-order valence-corrected chi connectivity index (χ1v) is 6.15. The van der Waals surface area contributed by atoms with Crippen LogP contribution < -0.4 is 5.32 Å². The highest BCUT2D eigenvalue weighted by Crippen LogP contribution is 2.07. The summed E-state index contributed by atoms with van der Waals surface area (Å²) >= 11 is 0. The van der Waals surface area contributed by atoms with E-state index < -0.39 is 0 Å². The molecule has 0 aliphatic carbocycles. The molecule has 1 nitrogen and oxygen atoms in total. The van der Waals surface area contributed by atoms with Crippen LogP contribution >= 0.6 is 0 Å². The van der Waals surface area contributed by atoms with Crippen molar-refractivity contribution in [2.75, 3.05) is 6.54 Å². The Morgan fingerprint density at radius 3 is 2.35 bits per heavy atom. The minimum absolute atomic E-state index is 0.951. The predicted octanol–water partition coefficient (Wildman–Crippen LogP) is 3.33. The van der Waals surface area contributed by atoms with Crippen LogP contribution in [0.4, 0.5) is 0 Å². The summed E-state index contributed by atoms with van der Waals surface area (Å²) in [5.74, 6) is 0. The Balaban J connectivity index is 1.76. The molecule has 0 unspecified atom stereocenters. The van der Waals surface area contributed by atoms with E-state index in [1.807, 2.05) is 0 Å². The summed E-state index contributed by atoms with van der Waals surface area (Å²) in [6.45, 7) is 4.15. The molecule has 0 spiro atoms. The fourth-order valence-corrected chi connectivity index (χ4v) is 1.94. The molecule has 0 atom stereocenters. The maximum absolute atomic E-state index is 3.48. The van der Waals surface area contributed by atoms with E-state index in [4.69, 9.17) is 0 Å². The van der Waals surface area contributed by atoms with Gasteiger partial charge in [-0.05, 0) is 36.6 Å². The van der Waals surface area contributed by atoms with E-state index in [1.165, 1.54) is 16.7 Å². The van der Waals surface area contributed by atoms with Gasteiger partial charge in [-0.15, -0.1) is 0 Å². The topological polar surface area (TPSA) is 12.0 Å². The third-order valence-corrected chi connectivity index (χ3v) is 3.00. The second-order valence-electron chi connectivity index (χ2n) is 4.34. The average molecular weight is 225 g/mol. The quantitative estimate of drug-likeness (QED) is 0.770. The van der Waals surface area contributed by atoms with Gasteiger partial charge in [0.05, 0.1) is 0 Å². The summed E-state index contributed by atoms with van der Waals surface area (Å²) < 4.78 is 0. The van der Waals surface area contributed by atoms with Gasteiger partial charge in [0, 0.05) is 6.54 Å². The third-order valence-electron chi connectivity index (χ3n) is 3.00. The molecular weight excluding hydrogens is 206 g/mol. The first kappa shape index (κ1) is 11.9. The third kappa shape index (κ3) is 3.72. The van der Waals surface area contributed by atoms with Gasteiger partial charge in [-0.3, -0.25) is 0 Å². The normalized spacial score (nSPS) is 10.4. The van der Waals surface area contributed by atoms with Gasteiger partial charge in [0.2, 0.25) is 0 Å². The van der Waals surface area contributed by atoms with E-state index in [9.17, 15) is 0 Å². The highest BCUT2D eigenvalue weighted by Gasteiger charge is 1.96. The Kier molecular flexibility index (Phi) is 4.34. The fraction of sp³-hybridized carbons (Fsp3) is 0.250. The van der Waals surface area contributed by atoms with Crippen molar-refractivity contribution in [2.45, 2.75) is 19.9 Å². The summed E-state index contributed by atoms with van der Waals surface area (Å²) in [6, 6.07) is 19.1. The second kappa shape index (κ2) is 6.21. The van der Waals surface area contributed by atoms with Crippen LogP contribution in [0.25, 0.3) is 0 Å². The Morgan fingerprint density at radius 1 is 0.882 bits per heavy atom. The summed E-state index contributed by atoms with van der Waals surface area (Å²) in [6.07, 6.45) is 1.10. The molecule has 0 aromatic heterocycles. The first-order chi connectivity index (χ1) is 8.36. The molecule has 1 heteroatoms. The molecule has 0 radical (unpaired) electrons. The molecule has 0 amide bonds. The lowest BCUT2D eigenvalue weighted by molar-refractivity contribution is 0.685. The minimum atomic E-state index is 0.951. The molecule has 0 saturated heterocycles. The molecule has 0 aliphatic heterocycles. The van der Waals surface area contributed by atoms with Crippen molar-refractivity contribution < 1.29 is 0 Å². The predicted molar refractivity (Wildman–Crippen MR) is 73.0 cm³/mol. The summed E-state index contributed by atoms with van der Waals surface area (Å²) in [7, 11) is 0. The van der Waals surface area contributed by atoms with E-state index in [2.05, 4.69) is 66.8 Å². The molecule has 0 aliphatic rings. The van der Waals surface area contributed by atoms with Crippen LogP contribution in [0.2, 0.25) is 0 Å². The highest BCUT2D eigenvalue weighted by molar-refractivity contribution is 5.25. The van der Waals surface area contributed by atoms with E-state index in [0.717, 1.165) is 19.5 Å². The Labute approximate surface area is 103 Å². The molecule has 0 saturated carbocycles. The number of benzene rings is 2. The number of aryl methyl sites for hydroxylation is 1.